The molecule has 2 nitrogen and oxygen atoms in total. The van der Waals surface area contributed by atoms with Gasteiger partial charge in [0.05, 0.1) is 4.32 Å². The molecule has 1 aliphatic carbocycles. The molecular formula is C11H20BrNO. The molecule has 0 aromatic carbocycles. The zero-order valence-corrected chi connectivity index (χ0v) is 11.1. The van der Waals surface area contributed by atoms with Crippen LogP contribution in [-0.2, 0) is 4.79 Å². The number of rotatable bonds is 2. The Kier molecular flexibility index (Phi) is 3.30. The molecule has 1 unspecified atom stereocenters. The molecule has 1 atom stereocenters. The maximum atomic E-state index is 11.7. The van der Waals surface area contributed by atoms with Crippen molar-refractivity contribution in [2.45, 2.75) is 57.3 Å². The van der Waals surface area contributed by atoms with Crippen molar-refractivity contribution >= 4 is 21.8 Å². The van der Waals surface area contributed by atoms with E-state index in [1.165, 1.54) is 6.42 Å². The second-order valence-electron chi connectivity index (χ2n) is 5.55. The van der Waals surface area contributed by atoms with Gasteiger partial charge in [0, 0.05) is 6.04 Å². The third-order valence-electron chi connectivity index (χ3n) is 2.84. The largest absolute Gasteiger partial charge is 0.352 e. The van der Waals surface area contributed by atoms with Crippen LogP contribution in [0.5, 0.6) is 0 Å². The second kappa shape index (κ2) is 3.84. The van der Waals surface area contributed by atoms with Gasteiger partial charge in [-0.1, -0.05) is 29.8 Å². The highest BCUT2D eigenvalue weighted by atomic mass is 79.9. The third-order valence-corrected chi connectivity index (χ3v) is 3.20. The van der Waals surface area contributed by atoms with Gasteiger partial charge in [-0.2, -0.15) is 0 Å². The summed E-state index contributed by atoms with van der Waals surface area (Å²) in [5.74, 6) is 0.0974. The predicted octanol–water partition coefficient (Wildman–Crippen LogP) is 2.85. The van der Waals surface area contributed by atoms with Gasteiger partial charge in [-0.3, -0.25) is 4.79 Å². The molecule has 14 heavy (non-hydrogen) atoms. The highest BCUT2D eigenvalue weighted by molar-refractivity contribution is 9.10. The molecular weight excluding hydrogens is 242 g/mol. The molecule has 1 amide bonds. The molecule has 1 fully saturated rings. The van der Waals surface area contributed by atoms with Gasteiger partial charge < -0.3 is 5.32 Å². The van der Waals surface area contributed by atoms with Crippen molar-refractivity contribution in [3.05, 3.63) is 0 Å². The van der Waals surface area contributed by atoms with Gasteiger partial charge in [0.15, 0.2) is 0 Å². The number of nitrogens with one attached hydrogen (secondary N) is 1. The molecule has 0 aliphatic heterocycles. The molecule has 1 saturated carbocycles. The third kappa shape index (κ3) is 3.26. The highest BCUT2D eigenvalue weighted by Crippen LogP contribution is 2.37. The monoisotopic (exact) mass is 261 g/mol. The summed E-state index contributed by atoms with van der Waals surface area (Å²) < 4.78 is -0.445. The summed E-state index contributed by atoms with van der Waals surface area (Å²) in [6.07, 6.45) is 3.42. The zero-order chi connectivity index (χ0) is 11.0. The number of carbonyl (C=O) groups is 1. The summed E-state index contributed by atoms with van der Waals surface area (Å²) in [6.45, 7) is 8.28. The van der Waals surface area contributed by atoms with E-state index in [4.69, 9.17) is 0 Å². The van der Waals surface area contributed by atoms with Crippen LogP contribution in [0.1, 0.15) is 47.0 Å². The van der Waals surface area contributed by atoms with Gasteiger partial charge in [-0.15, -0.1) is 0 Å². The standard InChI is InChI=1S/C11H20BrNO/c1-10(2)6-5-8(7-10)13-9(14)11(3,4)12/h8H,5-7H2,1-4H3,(H,13,14). The van der Waals surface area contributed by atoms with Crippen LogP contribution in [-0.4, -0.2) is 16.3 Å². The maximum Gasteiger partial charge on any atom is 0.236 e. The molecule has 0 heterocycles. The zero-order valence-electron chi connectivity index (χ0n) is 9.48. The van der Waals surface area contributed by atoms with Crippen LogP contribution in [0.3, 0.4) is 0 Å². The van der Waals surface area contributed by atoms with Gasteiger partial charge in [0.25, 0.3) is 0 Å². The Morgan fingerprint density at radius 1 is 1.50 bits per heavy atom. The lowest BCUT2D eigenvalue weighted by Gasteiger charge is -2.21. The minimum absolute atomic E-state index is 0.0974. The van der Waals surface area contributed by atoms with Crippen LogP contribution in [0.15, 0.2) is 0 Å². The van der Waals surface area contributed by atoms with Gasteiger partial charge in [0.2, 0.25) is 5.91 Å². The van der Waals surface area contributed by atoms with Crippen LogP contribution in [0.4, 0.5) is 0 Å². The quantitative estimate of drug-likeness (QED) is 0.762. The van der Waals surface area contributed by atoms with Gasteiger partial charge in [-0.05, 0) is 38.5 Å². The first kappa shape index (κ1) is 12.0. The SMILES string of the molecule is CC1(C)CCC(NC(=O)C(C)(C)Br)C1. The molecule has 1 aliphatic rings. The van der Waals surface area contributed by atoms with Crippen LogP contribution in [0, 0.1) is 5.41 Å². The van der Waals surface area contributed by atoms with Crippen molar-refractivity contribution in [1.29, 1.82) is 0 Å². The van der Waals surface area contributed by atoms with E-state index in [-0.39, 0.29) is 5.91 Å². The highest BCUT2D eigenvalue weighted by Gasteiger charge is 2.34. The lowest BCUT2D eigenvalue weighted by molar-refractivity contribution is -0.123. The normalized spacial score (nSPS) is 26.2. The molecule has 0 radical (unpaired) electrons. The van der Waals surface area contributed by atoms with E-state index in [2.05, 4.69) is 35.1 Å². The average Bonchev–Trinajstić information content (AvgIpc) is 2.28. The summed E-state index contributed by atoms with van der Waals surface area (Å²) in [5.41, 5.74) is 0.397. The first-order valence-electron chi connectivity index (χ1n) is 5.21. The molecule has 82 valence electrons. The Balaban J connectivity index is 2.44. The molecule has 3 heteroatoms. The van der Waals surface area contributed by atoms with Crippen LogP contribution in [0.25, 0.3) is 0 Å². The van der Waals surface area contributed by atoms with Crippen molar-refractivity contribution in [2.24, 2.45) is 5.41 Å². The summed E-state index contributed by atoms with van der Waals surface area (Å²) in [5, 5.41) is 3.09. The molecule has 1 N–H and O–H groups in total. The Labute approximate surface area is 95.0 Å². The van der Waals surface area contributed by atoms with Crippen molar-refractivity contribution in [3.8, 4) is 0 Å². The second-order valence-corrected chi connectivity index (χ2v) is 7.53. The molecule has 0 aromatic rings. The fourth-order valence-electron chi connectivity index (χ4n) is 1.92. The number of carbonyl (C=O) groups excluding carboxylic acids is 1. The molecule has 1 rings (SSSR count). The Bertz CT molecular complexity index is 230. The Hall–Kier alpha value is -0.0500. The lowest BCUT2D eigenvalue weighted by Crippen LogP contribution is -2.42. The summed E-state index contributed by atoms with van der Waals surface area (Å²) in [6, 6.07) is 0.370. The predicted molar refractivity (Wildman–Crippen MR) is 62.6 cm³/mol. The Morgan fingerprint density at radius 2 is 2.07 bits per heavy atom. The van der Waals surface area contributed by atoms with Crippen LogP contribution in [0.2, 0.25) is 0 Å². The van der Waals surface area contributed by atoms with Crippen molar-refractivity contribution in [1.82, 2.24) is 5.32 Å². The summed E-state index contributed by atoms with van der Waals surface area (Å²) in [7, 11) is 0. The number of hydrogen-bond acceptors (Lipinski definition) is 1. The topological polar surface area (TPSA) is 29.1 Å². The minimum Gasteiger partial charge on any atom is -0.352 e. The summed E-state index contributed by atoms with van der Waals surface area (Å²) >= 11 is 3.37. The lowest BCUT2D eigenvalue weighted by atomic mass is 9.92. The van der Waals surface area contributed by atoms with E-state index >= 15 is 0 Å². The minimum atomic E-state index is -0.445. The molecule has 0 saturated heterocycles. The molecule has 0 spiro atoms. The van der Waals surface area contributed by atoms with Gasteiger partial charge >= 0.3 is 0 Å². The first-order valence-corrected chi connectivity index (χ1v) is 6.00. The van der Waals surface area contributed by atoms with E-state index in [0.717, 1.165) is 12.8 Å². The summed E-state index contributed by atoms with van der Waals surface area (Å²) in [4.78, 5) is 11.7. The number of amides is 1. The average molecular weight is 262 g/mol. The first-order chi connectivity index (χ1) is 6.21. The van der Waals surface area contributed by atoms with Crippen molar-refractivity contribution in [3.63, 3.8) is 0 Å². The number of hydrogen-bond donors (Lipinski definition) is 1. The smallest absolute Gasteiger partial charge is 0.236 e. The van der Waals surface area contributed by atoms with Crippen molar-refractivity contribution < 1.29 is 4.79 Å². The number of alkyl halides is 1. The number of halogens is 1. The van der Waals surface area contributed by atoms with Crippen molar-refractivity contribution in [2.75, 3.05) is 0 Å². The van der Waals surface area contributed by atoms with Gasteiger partial charge in [0.1, 0.15) is 0 Å². The van der Waals surface area contributed by atoms with E-state index in [9.17, 15) is 4.79 Å². The van der Waals surface area contributed by atoms with Crippen LogP contribution < -0.4 is 5.32 Å². The maximum absolute atomic E-state index is 11.7. The Morgan fingerprint density at radius 3 is 2.43 bits per heavy atom. The fourth-order valence-corrected chi connectivity index (χ4v) is 2.03. The van der Waals surface area contributed by atoms with E-state index < -0.39 is 4.32 Å². The fraction of sp³-hybridized carbons (Fsp3) is 0.909. The van der Waals surface area contributed by atoms with Gasteiger partial charge in [-0.25, -0.2) is 0 Å². The molecule has 0 aromatic heterocycles. The van der Waals surface area contributed by atoms with E-state index in [1.807, 2.05) is 13.8 Å². The van der Waals surface area contributed by atoms with E-state index in [0.29, 0.717) is 11.5 Å². The van der Waals surface area contributed by atoms with E-state index in [1.54, 1.807) is 0 Å². The van der Waals surface area contributed by atoms with Crippen LogP contribution >= 0.6 is 15.9 Å². The molecule has 0 bridgehead atoms.